The summed E-state index contributed by atoms with van der Waals surface area (Å²) in [6.45, 7) is 6.57. The maximum Gasteiger partial charge on any atom is 1.00 e. The summed E-state index contributed by atoms with van der Waals surface area (Å²) < 4.78 is 44.2. The maximum atomic E-state index is 12.1. The normalized spacial score (nSPS) is 10.8. The molecular formula is C14H21KO9S. The molecule has 0 aliphatic rings. The van der Waals surface area contributed by atoms with E-state index in [-0.39, 0.29) is 65.8 Å². The van der Waals surface area contributed by atoms with Crippen molar-refractivity contribution in [3.63, 3.8) is 0 Å². The van der Waals surface area contributed by atoms with Gasteiger partial charge in [-0.3, -0.25) is 9.35 Å². The molecule has 138 valence electrons. The third-order valence-corrected chi connectivity index (χ3v) is 3.48. The predicted octanol–water partition coefficient (Wildman–Crippen LogP) is -2.61. The van der Waals surface area contributed by atoms with Crippen LogP contribution in [0.4, 0.5) is 0 Å². The summed E-state index contributed by atoms with van der Waals surface area (Å²) in [5.41, 5.74) is -1.50. The van der Waals surface area contributed by atoms with Crippen LogP contribution in [0.1, 0.15) is 14.8 Å². The Morgan fingerprint density at radius 1 is 1.08 bits per heavy atom. The van der Waals surface area contributed by atoms with Gasteiger partial charge in [0.15, 0.2) is 0 Å². The average molecular weight is 404 g/mol. The van der Waals surface area contributed by atoms with Gasteiger partial charge in [-0.2, -0.15) is 8.42 Å². The molecule has 0 bridgehead atoms. The van der Waals surface area contributed by atoms with Gasteiger partial charge in [-0.1, -0.05) is 13.2 Å². The first-order chi connectivity index (χ1) is 11.0. The molecule has 0 aromatic rings. The molecule has 0 heterocycles. The molecule has 0 fully saturated rings. The van der Waals surface area contributed by atoms with Gasteiger partial charge in [0.1, 0.15) is 18.6 Å². The minimum atomic E-state index is -4.16. The van der Waals surface area contributed by atoms with Gasteiger partial charge in [0.25, 0.3) is 10.1 Å². The number of hydrogen-bond donors (Lipinski definition) is 1. The Kier molecular flexibility index (Phi) is 13.6. The summed E-state index contributed by atoms with van der Waals surface area (Å²) in [5.74, 6) is -3.01. The van der Waals surface area contributed by atoms with Crippen LogP contribution < -0.4 is 51.4 Å². The van der Waals surface area contributed by atoms with E-state index in [0.717, 1.165) is 12.2 Å². The molecule has 0 rings (SSSR count). The summed E-state index contributed by atoms with van der Waals surface area (Å²) in [4.78, 5) is 34.4. The Morgan fingerprint density at radius 3 is 1.88 bits per heavy atom. The second-order valence-electron chi connectivity index (χ2n) is 4.96. The molecule has 1 N–H and O–H groups in total. The molecule has 0 saturated heterocycles. The molecule has 0 saturated carbocycles. The first-order valence-electron chi connectivity index (χ1n) is 6.75. The zero-order valence-electron chi connectivity index (χ0n) is 15.2. The quantitative estimate of drug-likeness (QED) is 0.0981. The second kappa shape index (κ2) is 12.7. The Hall–Kier alpha value is -0.564. The second-order valence-corrected chi connectivity index (χ2v) is 6.53. The van der Waals surface area contributed by atoms with E-state index in [9.17, 15) is 22.8 Å². The number of esters is 3. The van der Waals surface area contributed by atoms with E-state index in [1.165, 1.54) is 6.92 Å². The first kappa shape index (κ1) is 26.7. The summed E-state index contributed by atoms with van der Waals surface area (Å²) >= 11 is 0. The molecule has 0 aliphatic carbocycles. The minimum absolute atomic E-state index is 0. The van der Waals surface area contributed by atoms with Gasteiger partial charge in [0.05, 0.1) is 12.4 Å². The van der Waals surface area contributed by atoms with Crippen molar-refractivity contribution in [3.8, 4) is 0 Å². The summed E-state index contributed by atoms with van der Waals surface area (Å²) in [6.07, 6.45) is 1.67. The van der Waals surface area contributed by atoms with Crippen molar-refractivity contribution in [2.75, 3.05) is 25.6 Å². The number of rotatable bonds is 11. The van der Waals surface area contributed by atoms with Crippen LogP contribution in [-0.4, -0.2) is 56.5 Å². The summed E-state index contributed by atoms with van der Waals surface area (Å²) in [5, 5.41) is 0. The van der Waals surface area contributed by atoms with Gasteiger partial charge >= 0.3 is 69.3 Å². The number of hydrogen-bond acceptors (Lipinski definition) is 8. The van der Waals surface area contributed by atoms with Gasteiger partial charge in [-0.15, -0.1) is 0 Å². The molecule has 0 atom stereocenters. The fraction of sp³-hybridized carbons (Fsp3) is 0.500. The van der Waals surface area contributed by atoms with Crippen molar-refractivity contribution in [2.45, 2.75) is 13.3 Å². The topological polar surface area (TPSA) is 133 Å². The first-order valence-corrected chi connectivity index (χ1v) is 8.36. The van der Waals surface area contributed by atoms with Crippen LogP contribution in [0.25, 0.3) is 0 Å². The van der Waals surface area contributed by atoms with Gasteiger partial charge in [0, 0.05) is 12.2 Å². The van der Waals surface area contributed by atoms with Gasteiger partial charge in [-0.05, 0) is 13.3 Å². The fourth-order valence-corrected chi connectivity index (χ4v) is 1.80. The van der Waals surface area contributed by atoms with Crippen LogP contribution in [0.15, 0.2) is 25.3 Å². The third-order valence-electron chi connectivity index (χ3n) is 2.67. The van der Waals surface area contributed by atoms with Crippen molar-refractivity contribution in [2.24, 2.45) is 5.41 Å². The van der Waals surface area contributed by atoms with Gasteiger partial charge in [0.2, 0.25) is 0 Å². The SMILES string of the molecule is C=CC(=O)OCC(C)(COC(=O)C=C)C(=O)OCCCS(=O)(=O)O.[H-].[K+]. The zero-order chi connectivity index (χ0) is 18.8. The monoisotopic (exact) mass is 404 g/mol. The molecule has 0 aromatic carbocycles. The molecule has 0 aliphatic heterocycles. The minimum Gasteiger partial charge on any atom is -1.00 e. The zero-order valence-corrected chi connectivity index (χ0v) is 18.2. The maximum absolute atomic E-state index is 12.1. The molecule has 9 nitrogen and oxygen atoms in total. The number of carbonyl (C=O) groups excluding carboxylic acids is 3. The third kappa shape index (κ3) is 12.4. The van der Waals surface area contributed by atoms with Crippen molar-refractivity contribution < 1.29 is 94.4 Å². The summed E-state index contributed by atoms with van der Waals surface area (Å²) in [6, 6.07) is 0. The molecule has 25 heavy (non-hydrogen) atoms. The van der Waals surface area contributed by atoms with E-state index in [4.69, 9.17) is 18.8 Å². The van der Waals surface area contributed by atoms with E-state index in [2.05, 4.69) is 13.2 Å². The molecule has 0 spiro atoms. The van der Waals surface area contributed by atoms with E-state index >= 15 is 0 Å². The fourth-order valence-electron chi connectivity index (χ4n) is 1.32. The molecular weight excluding hydrogens is 383 g/mol. The molecule has 0 radical (unpaired) electrons. The standard InChI is InChI=1S/C14H20O9S.K.H/c1-4-11(15)22-9-14(3,10-23-12(16)5-2)13(17)21-7-6-8-24(18,19)20;;/h4-5H,1-2,6-10H2,3H3,(H,18,19,20);;/q;+1;-1. The van der Waals surface area contributed by atoms with Crippen LogP contribution in [0, 0.1) is 5.41 Å². The Bertz CT molecular complexity index is 580. The van der Waals surface area contributed by atoms with Gasteiger partial charge < -0.3 is 15.6 Å². The molecule has 0 unspecified atom stereocenters. The van der Waals surface area contributed by atoms with E-state index in [1.54, 1.807) is 0 Å². The van der Waals surface area contributed by atoms with Crippen LogP contribution >= 0.6 is 0 Å². The van der Waals surface area contributed by atoms with Crippen molar-refractivity contribution in [1.82, 2.24) is 0 Å². The van der Waals surface area contributed by atoms with Crippen molar-refractivity contribution in [1.29, 1.82) is 0 Å². The Morgan fingerprint density at radius 2 is 1.52 bits per heavy atom. The number of carbonyl (C=O) groups is 3. The van der Waals surface area contributed by atoms with Crippen LogP contribution in [0.2, 0.25) is 0 Å². The van der Waals surface area contributed by atoms with E-state index in [1.807, 2.05) is 0 Å². The van der Waals surface area contributed by atoms with Crippen LogP contribution in [0.5, 0.6) is 0 Å². The van der Waals surface area contributed by atoms with Crippen molar-refractivity contribution >= 4 is 28.0 Å². The van der Waals surface area contributed by atoms with Crippen LogP contribution in [0.3, 0.4) is 0 Å². The Labute approximate surface area is 190 Å². The Balaban J connectivity index is -0.00000264. The van der Waals surface area contributed by atoms with Crippen molar-refractivity contribution in [3.05, 3.63) is 25.3 Å². The largest absolute Gasteiger partial charge is 1.00 e. The average Bonchev–Trinajstić information content (AvgIpc) is 2.52. The molecule has 0 aromatic heterocycles. The van der Waals surface area contributed by atoms with E-state index in [0.29, 0.717) is 0 Å². The summed E-state index contributed by atoms with van der Waals surface area (Å²) in [7, 11) is -4.16. The van der Waals surface area contributed by atoms with Gasteiger partial charge in [-0.25, -0.2) is 9.59 Å². The predicted molar refractivity (Wildman–Crippen MR) is 83.5 cm³/mol. The van der Waals surface area contributed by atoms with E-state index < -0.39 is 52.4 Å². The van der Waals surface area contributed by atoms with Crippen LogP contribution in [-0.2, 0) is 38.7 Å². The number of ether oxygens (including phenoxy) is 3. The smallest absolute Gasteiger partial charge is 1.00 e. The molecule has 11 heteroatoms. The molecule has 0 amide bonds.